The Morgan fingerprint density at radius 2 is 2.04 bits per heavy atom. The lowest BCUT2D eigenvalue weighted by Gasteiger charge is -2.33. The van der Waals surface area contributed by atoms with Crippen LogP contribution in [0, 0.1) is 5.92 Å². The highest BCUT2D eigenvalue weighted by Gasteiger charge is 2.25. The fourth-order valence-corrected chi connectivity index (χ4v) is 3.28. The number of piperidine rings is 1. The van der Waals surface area contributed by atoms with Gasteiger partial charge in [-0.2, -0.15) is 0 Å². The lowest BCUT2D eigenvalue weighted by Crippen LogP contribution is -2.43. The third kappa shape index (κ3) is 4.05. The summed E-state index contributed by atoms with van der Waals surface area (Å²) in [4.78, 5) is 18.3. The Bertz CT molecular complexity index is 628. The zero-order valence-electron chi connectivity index (χ0n) is 14.5. The number of ether oxygens (including phenoxy) is 1. The second kappa shape index (κ2) is 7.65. The van der Waals surface area contributed by atoms with Gasteiger partial charge in [0.15, 0.2) is 0 Å². The van der Waals surface area contributed by atoms with Crippen molar-refractivity contribution in [3.05, 3.63) is 48.3 Å². The number of aromatic nitrogens is 1. The molecule has 0 bridgehead atoms. The molecule has 1 unspecified atom stereocenters. The summed E-state index contributed by atoms with van der Waals surface area (Å²) in [6.45, 7) is 5.48. The lowest BCUT2D eigenvalue weighted by atomic mass is 9.94. The average molecular weight is 326 g/mol. The molecule has 0 N–H and O–H groups in total. The van der Waals surface area contributed by atoms with Gasteiger partial charge >= 0.3 is 0 Å². The van der Waals surface area contributed by atoms with Crippen molar-refractivity contribution in [2.24, 2.45) is 5.92 Å². The van der Waals surface area contributed by atoms with Crippen molar-refractivity contribution in [2.75, 3.05) is 13.1 Å². The van der Waals surface area contributed by atoms with E-state index in [0.29, 0.717) is 5.92 Å². The van der Waals surface area contributed by atoms with E-state index in [1.54, 1.807) is 6.20 Å². The maximum Gasteiger partial charge on any atom is 0.225 e. The van der Waals surface area contributed by atoms with Crippen molar-refractivity contribution in [3.63, 3.8) is 0 Å². The van der Waals surface area contributed by atoms with E-state index in [0.717, 1.165) is 38.1 Å². The molecular formula is C20H26N2O2. The zero-order chi connectivity index (χ0) is 16.9. The van der Waals surface area contributed by atoms with Crippen LogP contribution in [0.5, 0.6) is 5.75 Å². The summed E-state index contributed by atoms with van der Waals surface area (Å²) in [7, 11) is 0. The van der Waals surface area contributed by atoms with E-state index in [9.17, 15) is 4.79 Å². The highest BCUT2D eigenvalue weighted by atomic mass is 16.5. The molecule has 0 radical (unpaired) electrons. The second-order valence-electron chi connectivity index (χ2n) is 6.91. The number of amides is 1. The topological polar surface area (TPSA) is 42.4 Å². The Morgan fingerprint density at radius 3 is 2.71 bits per heavy atom. The number of hydrogen-bond acceptors (Lipinski definition) is 3. The smallest absolute Gasteiger partial charge is 0.225 e. The second-order valence-corrected chi connectivity index (χ2v) is 6.91. The zero-order valence-corrected chi connectivity index (χ0v) is 14.5. The molecule has 1 aromatic rings. The van der Waals surface area contributed by atoms with Gasteiger partial charge in [-0.3, -0.25) is 9.78 Å². The average Bonchev–Trinajstić information content (AvgIpc) is 2.63. The van der Waals surface area contributed by atoms with E-state index in [1.165, 1.54) is 5.56 Å². The van der Waals surface area contributed by atoms with Crippen LogP contribution in [0.25, 0.3) is 0 Å². The Hall–Kier alpha value is -2.10. The summed E-state index contributed by atoms with van der Waals surface area (Å²) in [5.41, 5.74) is 1.19. The molecule has 3 rings (SSSR count). The molecule has 2 aliphatic rings. The molecule has 0 spiro atoms. The van der Waals surface area contributed by atoms with Gasteiger partial charge in [-0.1, -0.05) is 38.2 Å². The van der Waals surface area contributed by atoms with Crippen LogP contribution in [0.4, 0.5) is 0 Å². The molecule has 1 fully saturated rings. The molecule has 1 aliphatic heterocycles. The molecule has 1 amide bonds. The molecule has 1 atom stereocenters. The number of pyridine rings is 1. The van der Waals surface area contributed by atoms with Crippen molar-refractivity contribution in [2.45, 2.75) is 45.1 Å². The number of hydrogen-bond donors (Lipinski definition) is 0. The van der Waals surface area contributed by atoms with E-state index in [1.807, 2.05) is 24.9 Å². The summed E-state index contributed by atoms with van der Waals surface area (Å²) >= 11 is 0. The first-order valence-corrected chi connectivity index (χ1v) is 8.87. The van der Waals surface area contributed by atoms with Crippen molar-refractivity contribution in [3.8, 4) is 5.75 Å². The lowest BCUT2D eigenvalue weighted by molar-refractivity contribution is -0.136. The predicted octanol–water partition coefficient (Wildman–Crippen LogP) is 3.71. The SMILES string of the molecule is CC(C)C(=O)N1CCC(Oc2cncc(C3C=CC=CC3)c2)CC1. The van der Waals surface area contributed by atoms with Crippen LogP contribution < -0.4 is 4.74 Å². The largest absolute Gasteiger partial charge is 0.489 e. The Morgan fingerprint density at radius 1 is 1.25 bits per heavy atom. The van der Waals surface area contributed by atoms with E-state index in [-0.39, 0.29) is 17.9 Å². The van der Waals surface area contributed by atoms with Gasteiger partial charge in [0.05, 0.1) is 6.20 Å². The number of allylic oxidation sites excluding steroid dienone is 4. The molecular weight excluding hydrogens is 300 g/mol. The van der Waals surface area contributed by atoms with Gasteiger partial charge in [-0.25, -0.2) is 0 Å². The number of carbonyl (C=O) groups excluding carboxylic acids is 1. The molecule has 24 heavy (non-hydrogen) atoms. The maximum absolute atomic E-state index is 12.0. The van der Waals surface area contributed by atoms with Crippen molar-refractivity contribution in [1.82, 2.24) is 9.88 Å². The summed E-state index contributed by atoms with van der Waals surface area (Å²) in [6.07, 6.45) is 15.2. The molecule has 4 heteroatoms. The minimum Gasteiger partial charge on any atom is -0.489 e. The summed E-state index contributed by atoms with van der Waals surface area (Å²) < 4.78 is 6.13. The molecule has 1 aliphatic carbocycles. The number of nitrogens with zero attached hydrogens (tertiary/aromatic N) is 2. The van der Waals surface area contributed by atoms with E-state index in [4.69, 9.17) is 4.74 Å². The highest BCUT2D eigenvalue weighted by molar-refractivity contribution is 5.78. The monoisotopic (exact) mass is 326 g/mol. The fourth-order valence-electron chi connectivity index (χ4n) is 3.28. The van der Waals surface area contributed by atoms with Crippen LogP contribution in [0.1, 0.15) is 44.6 Å². The maximum atomic E-state index is 12.0. The van der Waals surface area contributed by atoms with Crippen LogP contribution in [0.15, 0.2) is 42.8 Å². The van der Waals surface area contributed by atoms with Crippen LogP contribution in [0.3, 0.4) is 0 Å². The Labute approximate surface area is 144 Å². The van der Waals surface area contributed by atoms with Crippen LogP contribution in [-0.4, -0.2) is 35.0 Å². The first kappa shape index (κ1) is 16.7. The fraction of sp³-hybridized carbons (Fsp3) is 0.500. The summed E-state index contributed by atoms with van der Waals surface area (Å²) in [5.74, 6) is 1.54. The summed E-state index contributed by atoms with van der Waals surface area (Å²) in [6, 6.07) is 2.10. The van der Waals surface area contributed by atoms with Gasteiger partial charge in [-0.05, 0) is 18.1 Å². The van der Waals surface area contributed by atoms with Crippen LogP contribution in [-0.2, 0) is 4.79 Å². The quantitative estimate of drug-likeness (QED) is 0.847. The van der Waals surface area contributed by atoms with Gasteiger partial charge in [0.25, 0.3) is 0 Å². The van der Waals surface area contributed by atoms with Gasteiger partial charge in [0, 0.05) is 44.0 Å². The molecule has 1 saturated heterocycles. The molecule has 0 saturated carbocycles. The molecule has 4 nitrogen and oxygen atoms in total. The Kier molecular flexibility index (Phi) is 5.34. The number of likely N-dealkylation sites (tertiary alicyclic amines) is 1. The van der Waals surface area contributed by atoms with Gasteiger partial charge in [0.1, 0.15) is 11.9 Å². The molecule has 2 heterocycles. The predicted molar refractivity (Wildman–Crippen MR) is 94.9 cm³/mol. The van der Waals surface area contributed by atoms with E-state index >= 15 is 0 Å². The van der Waals surface area contributed by atoms with Crippen molar-refractivity contribution < 1.29 is 9.53 Å². The first-order valence-electron chi connectivity index (χ1n) is 8.87. The third-order valence-corrected chi connectivity index (χ3v) is 4.69. The van der Waals surface area contributed by atoms with Gasteiger partial charge < -0.3 is 9.64 Å². The van der Waals surface area contributed by atoms with E-state index in [2.05, 4.69) is 35.4 Å². The molecule has 128 valence electrons. The van der Waals surface area contributed by atoms with Crippen molar-refractivity contribution >= 4 is 5.91 Å². The standard InChI is InChI=1S/C20H26N2O2/c1-15(2)20(23)22-10-8-18(9-11-22)24-19-12-17(13-21-14-19)16-6-4-3-5-7-16/h3-6,12-16,18H,7-11H2,1-2H3. The van der Waals surface area contributed by atoms with Crippen LogP contribution >= 0.6 is 0 Å². The number of carbonyl (C=O) groups is 1. The minimum atomic E-state index is 0.0703. The van der Waals surface area contributed by atoms with Crippen molar-refractivity contribution in [1.29, 1.82) is 0 Å². The molecule has 1 aromatic heterocycles. The highest BCUT2D eigenvalue weighted by Crippen LogP contribution is 2.27. The first-order chi connectivity index (χ1) is 11.6. The minimum absolute atomic E-state index is 0.0703. The van der Waals surface area contributed by atoms with Gasteiger partial charge in [0.2, 0.25) is 5.91 Å². The Balaban J connectivity index is 1.56. The van der Waals surface area contributed by atoms with Gasteiger partial charge in [-0.15, -0.1) is 0 Å². The third-order valence-electron chi connectivity index (χ3n) is 4.69. The van der Waals surface area contributed by atoms with E-state index < -0.39 is 0 Å². The normalized spacial score (nSPS) is 21.3. The molecule has 0 aromatic carbocycles. The van der Waals surface area contributed by atoms with Crippen LogP contribution in [0.2, 0.25) is 0 Å². The summed E-state index contributed by atoms with van der Waals surface area (Å²) in [5, 5.41) is 0. The number of rotatable bonds is 4.